The molecule has 1 aromatic rings. The summed E-state index contributed by atoms with van der Waals surface area (Å²) in [6.07, 6.45) is 3.75. The maximum Gasteiger partial charge on any atom is 0.200 e. The summed E-state index contributed by atoms with van der Waals surface area (Å²) in [6, 6.07) is 12.2. The van der Waals surface area contributed by atoms with Gasteiger partial charge in [0.05, 0.1) is 0 Å². The molecule has 0 aromatic heterocycles. The van der Waals surface area contributed by atoms with E-state index in [1.54, 1.807) is 0 Å². The van der Waals surface area contributed by atoms with Crippen LogP contribution in [0.15, 0.2) is 30.3 Å². The van der Waals surface area contributed by atoms with E-state index in [-0.39, 0.29) is 0 Å². The molecule has 1 aliphatic heterocycles. The van der Waals surface area contributed by atoms with Gasteiger partial charge in [-0.3, -0.25) is 4.90 Å². The molecule has 148 valence electrons. The number of nitrogens with zero attached hydrogens (tertiary/aromatic N) is 1. The number of rotatable bonds is 9. The lowest BCUT2D eigenvalue weighted by Crippen LogP contribution is -2.50. The molecule has 0 saturated carbocycles. The Morgan fingerprint density at radius 2 is 1.58 bits per heavy atom. The second-order valence-electron chi connectivity index (χ2n) is 9.00. The van der Waals surface area contributed by atoms with Crippen molar-refractivity contribution in [1.82, 2.24) is 4.90 Å². The van der Waals surface area contributed by atoms with Gasteiger partial charge < -0.3 is 4.43 Å². The van der Waals surface area contributed by atoms with Crippen molar-refractivity contribution in [2.24, 2.45) is 0 Å². The van der Waals surface area contributed by atoms with E-state index in [0.717, 1.165) is 6.61 Å². The summed E-state index contributed by atoms with van der Waals surface area (Å²) in [5.74, 6) is 0. The lowest BCUT2D eigenvalue weighted by molar-refractivity contribution is 0.117. The summed E-state index contributed by atoms with van der Waals surface area (Å²) in [5, 5.41) is 0. The van der Waals surface area contributed by atoms with Gasteiger partial charge in [0.2, 0.25) is 0 Å². The lowest BCUT2D eigenvalue weighted by atomic mass is 10.0. The van der Waals surface area contributed by atoms with Crippen molar-refractivity contribution in [2.45, 2.75) is 96.4 Å². The van der Waals surface area contributed by atoms with Crippen LogP contribution in [0.3, 0.4) is 0 Å². The highest BCUT2D eigenvalue weighted by Gasteiger charge is 2.46. The molecule has 1 unspecified atom stereocenters. The fraction of sp³-hybridized carbons (Fsp3) is 0.739. The van der Waals surface area contributed by atoms with Gasteiger partial charge >= 0.3 is 0 Å². The van der Waals surface area contributed by atoms with Crippen LogP contribution in [0.25, 0.3) is 0 Å². The maximum atomic E-state index is 6.96. The van der Waals surface area contributed by atoms with Crippen molar-refractivity contribution in [3.8, 4) is 0 Å². The van der Waals surface area contributed by atoms with Gasteiger partial charge in [0.1, 0.15) is 0 Å². The van der Waals surface area contributed by atoms with E-state index in [2.05, 4.69) is 83.7 Å². The van der Waals surface area contributed by atoms with Crippen LogP contribution < -0.4 is 0 Å². The smallest absolute Gasteiger partial charge is 0.200 e. The van der Waals surface area contributed by atoms with Gasteiger partial charge in [-0.15, -0.1) is 0 Å². The Balaban J connectivity index is 2.14. The zero-order valence-corrected chi connectivity index (χ0v) is 19.2. The standard InChI is InChI=1S/C23H41NOSi/c1-8-23(21-13-10-9-11-14-21)24-16-12-15-22(24)17-25-26(18(2)3,19(4)5)20(6)7/h9-11,13-14,18-20,22-23H,8,12,15-17H2,1-7H3/t22-,23?/m0/s1. The molecule has 1 aromatic carbocycles. The summed E-state index contributed by atoms with van der Waals surface area (Å²) in [6.45, 7) is 18.8. The summed E-state index contributed by atoms with van der Waals surface area (Å²) in [5.41, 5.74) is 3.44. The first-order chi connectivity index (χ1) is 12.3. The first-order valence-corrected chi connectivity index (χ1v) is 12.9. The Kier molecular flexibility index (Phi) is 7.93. The molecule has 3 heteroatoms. The van der Waals surface area contributed by atoms with Gasteiger partial charge in [-0.05, 0) is 48.0 Å². The Morgan fingerprint density at radius 3 is 2.08 bits per heavy atom. The molecular formula is C23H41NOSi. The van der Waals surface area contributed by atoms with E-state index in [1.807, 2.05) is 0 Å². The molecule has 0 spiro atoms. The lowest BCUT2D eigenvalue weighted by Gasteiger charge is -2.44. The van der Waals surface area contributed by atoms with E-state index >= 15 is 0 Å². The van der Waals surface area contributed by atoms with Gasteiger partial charge in [0, 0.05) is 18.7 Å². The third-order valence-electron chi connectivity index (χ3n) is 6.63. The fourth-order valence-corrected chi connectivity index (χ4v) is 11.0. The van der Waals surface area contributed by atoms with Crippen LogP contribution in [0.4, 0.5) is 0 Å². The van der Waals surface area contributed by atoms with Crippen molar-refractivity contribution in [3.05, 3.63) is 35.9 Å². The second kappa shape index (κ2) is 9.52. The molecule has 0 bridgehead atoms. The van der Waals surface area contributed by atoms with Crippen LogP contribution in [0.2, 0.25) is 16.6 Å². The number of hydrogen-bond acceptors (Lipinski definition) is 2. The normalized spacial score (nSPS) is 20.5. The third-order valence-corrected chi connectivity index (χ3v) is 12.7. The van der Waals surface area contributed by atoms with E-state index < -0.39 is 8.32 Å². The highest BCUT2D eigenvalue weighted by atomic mass is 28.4. The number of benzene rings is 1. The SMILES string of the molecule is CCC(c1ccccc1)N1CCC[C@H]1CO[Si](C(C)C)(C(C)C)C(C)C. The van der Waals surface area contributed by atoms with Crippen molar-refractivity contribution < 1.29 is 4.43 Å². The largest absolute Gasteiger partial charge is 0.414 e. The summed E-state index contributed by atoms with van der Waals surface area (Å²) >= 11 is 0. The van der Waals surface area contributed by atoms with Crippen LogP contribution in [-0.2, 0) is 4.43 Å². The van der Waals surface area contributed by atoms with Crippen molar-refractivity contribution in [1.29, 1.82) is 0 Å². The predicted octanol–water partition coefficient (Wildman–Crippen LogP) is 6.79. The van der Waals surface area contributed by atoms with Crippen LogP contribution in [-0.4, -0.2) is 32.4 Å². The average Bonchev–Trinajstić information content (AvgIpc) is 3.04. The quantitative estimate of drug-likeness (QED) is 0.440. The minimum atomic E-state index is -1.78. The average molecular weight is 376 g/mol. The molecule has 2 atom stereocenters. The Labute approximate surface area is 163 Å². The number of hydrogen-bond donors (Lipinski definition) is 0. The molecule has 1 saturated heterocycles. The van der Waals surface area contributed by atoms with Gasteiger partial charge in [-0.2, -0.15) is 0 Å². The minimum absolute atomic E-state index is 0.528. The van der Waals surface area contributed by atoms with E-state index in [1.165, 1.54) is 31.4 Å². The third kappa shape index (κ3) is 4.43. The monoisotopic (exact) mass is 375 g/mol. The Bertz CT molecular complexity index is 506. The molecule has 0 N–H and O–H groups in total. The van der Waals surface area contributed by atoms with Crippen molar-refractivity contribution in [3.63, 3.8) is 0 Å². The molecule has 1 fully saturated rings. The van der Waals surface area contributed by atoms with Crippen LogP contribution in [0, 0.1) is 0 Å². The van der Waals surface area contributed by atoms with Gasteiger partial charge in [0.25, 0.3) is 0 Å². The topological polar surface area (TPSA) is 12.5 Å². The van der Waals surface area contributed by atoms with Crippen LogP contribution >= 0.6 is 0 Å². The van der Waals surface area contributed by atoms with Gasteiger partial charge in [-0.1, -0.05) is 78.8 Å². The Hall–Kier alpha value is -0.643. The maximum absolute atomic E-state index is 6.96. The van der Waals surface area contributed by atoms with Gasteiger partial charge in [-0.25, -0.2) is 0 Å². The summed E-state index contributed by atoms with van der Waals surface area (Å²) in [4.78, 5) is 2.73. The van der Waals surface area contributed by atoms with Crippen molar-refractivity contribution >= 4 is 8.32 Å². The molecule has 1 aliphatic rings. The molecule has 0 amide bonds. The first kappa shape index (κ1) is 21.7. The molecule has 2 rings (SSSR count). The highest BCUT2D eigenvalue weighted by Crippen LogP contribution is 2.43. The molecule has 2 nitrogen and oxygen atoms in total. The van der Waals surface area contributed by atoms with Crippen LogP contribution in [0.5, 0.6) is 0 Å². The van der Waals surface area contributed by atoms with E-state index in [4.69, 9.17) is 4.43 Å². The van der Waals surface area contributed by atoms with Crippen LogP contribution in [0.1, 0.15) is 79.3 Å². The molecule has 26 heavy (non-hydrogen) atoms. The zero-order chi connectivity index (χ0) is 19.3. The number of likely N-dealkylation sites (tertiary alicyclic amines) is 1. The van der Waals surface area contributed by atoms with E-state index in [0.29, 0.717) is 28.7 Å². The van der Waals surface area contributed by atoms with Crippen molar-refractivity contribution in [2.75, 3.05) is 13.2 Å². The predicted molar refractivity (Wildman–Crippen MR) is 116 cm³/mol. The first-order valence-electron chi connectivity index (χ1n) is 10.8. The summed E-state index contributed by atoms with van der Waals surface area (Å²) in [7, 11) is -1.78. The second-order valence-corrected chi connectivity index (χ2v) is 14.5. The zero-order valence-electron chi connectivity index (χ0n) is 18.2. The molecule has 0 radical (unpaired) electrons. The van der Waals surface area contributed by atoms with Gasteiger partial charge in [0.15, 0.2) is 8.32 Å². The Morgan fingerprint density at radius 1 is 1.00 bits per heavy atom. The summed E-state index contributed by atoms with van der Waals surface area (Å²) < 4.78 is 6.96. The molecule has 0 aliphatic carbocycles. The molecular weight excluding hydrogens is 334 g/mol. The fourth-order valence-electron chi connectivity index (χ4n) is 5.52. The highest BCUT2D eigenvalue weighted by molar-refractivity contribution is 6.77. The van der Waals surface area contributed by atoms with E-state index in [9.17, 15) is 0 Å². The molecule has 1 heterocycles. The minimum Gasteiger partial charge on any atom is -0.414 e.